The number of carbonyl (C=O) groups is 3. The number of Topliss-reactive ketones (excluding diaryl/α,β-unsaturated/α-hetero) is 1. The average molecular weight is 373 g/mol. The fourth-order valence-corrected chi connectivity index (χ4v) is 2.69. The van der Waals surface area contributed by atoms with Crippen molar-refractivity contribution in [3.63, 3.8) is 0 Å². The number of benzene rings is 3. The lowest BCUT2D eigenvalue weighted by Crippen LogP contribution is -2.21. The second kappa shape index (κ2) is 8.77. The Balaban J connectivity index is 1.59. The van der Waals surface area contributed by atoms with Gasteiger partial charge >= 0.3 is 0 Å². The molecule has 0 saturated carbocycles. The van der Waals surface area contributed by atoms with Crippen LogP contribution in [0.2, 0.25) is 0 Å². The lowest BCUT2D eigenvalue weighted by Gasteiger charge is -2.10. The zero-order chi connectivity index (χ0) is 19.9. The molecule has 0 aromatic heterocycles. The van der Waals surface area contributed by atoms with E-state index < -0.39 is 0 Å². The van der Waals surface area contributed by atoms with Gasteiger partial charge in [-0.3, -0.25) is 14.4 Å². The Labute approximate surface area is 163 Å². The van der Waals surface area contributed by atoms with Gasteiger partial charge in [-0.2, -0.15) is 0 Å². The molecule has 0 heterocycles. The van der Waals surface area contributed by atoms with Crippen LogP contribution in [0.1, 0.15) is 33.2 Å². The SMILES string of the molecule is CC(=O)c1ccccc1NC(=O)COc1ccc(C(=O)c2ccccc2)cc1. The van der Waals surface area contributed by atoms with Crippen molar-refractivity contribution in [2.24, 2.45) is 0 Å². The van der Waals surface area contributed by atoms with Crippen LogP contribution in [-0.2, 0) is 4.79 Å². The molecule has 0 aliphatic heterocycles. The standard InChI is InChI=1S/C23H19NO4/c1-16(25)20-9-5-6-10-21(20)24-22(26)15-28-19-13-11-18(12-14-19)23(27)17-7-3-2-4-8-17/h2-14H,15H2,1H3,(H,24,26). The van der Waals surface area contributed by atoms with E-state index in [2.05, 4.69) is 5.32 Å². The van der Waals surface area contributed by atoms with Gasteiger partial charge in [-0.15, -0.1) is 0 Å². The molecule has 0 atom stereocenters. The molecule has 0 radical (unpaired) electrons. The van der Waals surface area contributed by atoms with Gasteiger partial charge in [0.1, 0.15) is 5.75 Å². The first-order valence-electron chi connectivity index (χ1n) is 8.77. The molecule has 1 amide bonds. The molecular weight excluding hydrogens is 354 g/mol. The van der Waals surface area contributed by atoms with E-state index in [1.165, 1.54) is 6.92 Å². The topological polar surface area (TPSA) is 72.5 Å². The molecule has 0 spiro atoms. The molecule has 0 aliphatic carbocycles. The van der Waals surface area contributed by atoms with E-state index in [4.69, 9.17) is 4.74 Å². The van der Waals surface area contributed by atoms with Gasteiger partial charge in [-0.05, 0) is 43.3 Å². The maximum absolute atomic E-state index is 12.4. The van der Waals surface area contributed by atoms with Gasteiger partial charge < -0.3 is 10.1 Å². The minimum Gasteiger partial charge on any atom is -0.484 e. The summed E-state index contributed by atoms with van der Waals surface area (Å²) < 4.78 is 5.47. The molecule has 5 heteroatoms. The van der Waals surface area contributed by atoms with Crippen molar-refractivity contribution in [3.8, 4) is 5.75 Å². The van der Waals surface area contributed by atoms with Gasteiger partial charge in [-0.25, -0.2) is 0 Å². The van der Waals surface area contributed by atoms with E-state index in [-0.39, 0.29) is 24.1 Å². The molecule has 0 saturated heterocycles. The Hall–Kier alpha value is -3.73. The number of para-hydroxylation sites is 1. The van der Waals surface area contributed by atoms with E-state index in [0.717, 1.165) is 0 Å². The molecule has 3 rings (SSSR count). The summed E-state index contributed by atoms with van der Waals surface area (Å²) in [6.07, 6.45) is 0. The monoisotopic (exact) mass is 373 g/mol. The lowest BCUT2D eigenvalue weighted by molar-refractivity contribution is -0.118. The van der Waals surface area contributed by atoms with E-state index in [1.807, 2.05) is 18.2 Å². The summed E-state index contributed by atoms with van der Waals surface area (Å²) in [4.78, 5) is 36.1. The maximum Gasteiger partial charge on any atom is 0.262 e. The van der Waals surface area contributed by atoms with Gasteiger partial charge in [0.25, 0.3) is 5.91 Å². The van der Waals surface area contributed by atoms with Crippen LogP contribution in [0.25, 0.3) is 0 Å². The summed E-state index contributed by atoms with van der Waals surface area (Å²) in [7, 11) is 0. The highest BCUT2D eigenvalue weighted by Gasteiger charge is 2.11. The Bertz CT molecular complexity index is 995. The first-order valence-corrected chi connectivity index (χ1v) is 8.77. The number of ketones is 2. The molecule has 3 aromatic carbocycles. The number of amides is 1. The van der Waals surface area contributed by atoms with Gasteiger partial charge in [-0.1, -0.05) is 42.5 Å². The predicted molar refractivity (Wildman–Crippen MR) is 107 cm³/mol. The fraction of sp³-hybridized carbons (Fsp3) is 0.0870. The number of anilines is 1. The summed E-state index contributed by atoms with van der Waals surface area (Å²) in [6.45, 7) is 1.23. The van der Waals surface area contributed by atoms with Crippen molar-refractivity contribution in [3.05, 3.63) is 95.6 Å². The third kappa shape index (κ3) is 4.71. The molecule has 140 valence electrons. The summed E-state index contributed by atoms with van der Waals surface area (Å²) in [5.41, 5.74) is 2.05. The van der Waals surface area contributed by atoms with Crippen molar-refractivity contribution in [1.29, 1.82) is 0 Å². The zero-order valence-electron chi connectivity index (χ0n) is 15.3. The van der Waals surface area contributed by atoms with E-state index in [1.54, 1.807) is 60.7 Å². The normalized spacial score (nSPS) is 10.2. The molecule has 28 heavy (non-hydrogen) atoms. The van der Waals surface area contributed by atoms with E-state index in [9.17, 15) is 14.4 Å². The van der Waals surface area contributed by atoms with Crippen LogP contribution in [0.3, 0.4) is 0 Å². The van der Waals surface area contributed by atoms with Crippen molar-refractivity contribution in [1.82, 2.24) is 0 Å². The predicted octanol–water partition coefficient (Wildman–Crippen LogP) is 4.14. The highest BCUT2D eigenvalue weighted by molar-refractivity contribution is 6.09. The highest BCUT2D eigenvalue weighted by atomic mass is 16.5. The quantitative estimate of drug-likeness (QED) is 0.632. The van der Waals surface area contributed by atoms with Crippen LogP contribution in [0.4, 0.5) is 5.69 Å². The summed E-state index contributed by atoms with van der Waals surface area (Å²) >= 11 is 0. The van der Waals surface area contributed by atoms with Crippen LogP contribution in [0.15, 0.2) is 78.9 Å². The van der Waals surface area contributed by atoms with Crippen molar-refractivity contribution < 1.29 is 19.1 Å². The van der Waals surface area contributed by atoms with Crippen LogP contribution < -0.4 is 10.1 Å². The zero-order valence-corrected chi connectivity index (χ0v) is 15.3. The number of hydrogen-bond donors (Lipinski definition) is 1. The molecule has 5 nitrogen and oxygen atoms in total. The highest BCUT2D eigenvalue weighted by Crippen LogP contribution is 2.17. The first kappa shape index (κ1) is 19.0. The average Bonchev–Trinajstić information content (AvgIpc) is 2.73. The summed E-state index contributed by atoms with van der Waals surface area (Å²) in [5.74, 6) is -0.112. The first-order chi connectivity index (χ1) is 13.5. The van der Waals surface area contributed by atoms with Crippen LogP contribution in [0, 0.1) is 0 Å². The van der Waals surface area contributed by atoms with Crippen LogP contribution in [0.5, 0.6) is 5.75 Å². The molecule has 0 fully saturated rings. The van der Waals surface area contributed by atoms with Gasteiger partial charge in [0, 0.05) is 16.7 Å². The van der Waals surface area contributed by atoms with Gasteiger partial charge in [0.15, 0.2) is 18.2 Å². The Morgan fingerprint density at radius 3 is 2.07 bits per heavy atom. The second-order valence-electron chi connectivity index (χ2n) is 6.16. The smallest absolute Gasteiger partial charge is 0.262 e. The van der Waals surface area contributed by atoms with Gasteiger partial charge in [0.2, 0.25) is 0 Å². The largest absolute Gasteiger partial charge is 0.484 e. The summed E-state index contributed by atoms with van der Waals surface area (Å²) in [6, 6.07) is 22.4. The number of rotatable bonds is 7. The Morgan fingerprint density at radius 2 is 1.39 bits per heavy atom. The fourth-order valence-electron chi connectivity index (χ4n) is 2.69. The van der Waals surface area contributed by atoms with Crippen LogP contribution >= 0.6 is 0 Å². The van der Waals surface area contributed by atoms with E-state index in [0.29, 0.717) is 28.1 Å². The van der Waals surface area contributed by atoms with Crippen molar-refractivity contribution >= 4 is 23.2 Å². The molecule has 1 N–H and O–H groups in total. The lowest BCUT2D eigenvalue weighted by atomic mass is 10.0. The van der Waals surface area contributed by atoms with E-state index >= 15 is 0 Å². The Kier molecular flexibility index (Phi) is 5.97. The molecular formula is C23H19NO4. The van der Waals surface area contributed by atoms with Crippen molar-refractivity contribution in [2.45, 2.75) is 6.92 Å². The molecule has 3 aromatic rings. The molecule has 0 bridgehead atoms. The summed E-state index contributed by atoms with van der Waals surface area (Å²) in [5, 5.41) is 2.67. The Morgan fingerprint density at radius 1 is 0.786 bits per heavy atom. The molecule has 0 unspecified atom stereocenters. The van der Waals surface area contributed by atoms with Gasteiger partial charge in [0.05, 0.1) is 5.69 Å². The third-order valence-electron chi connectivity index (χ3n) is 4.10. The maximum atomic E-state index is 12.4. The number of ether oxygens (including phenoxy) is 1. The second-order valence-corrected chi connectivity index (χ2v) is 6.16. The third-order valence-corrected chi connectivity index (χ3v) is 4.10. The number of nitrogens with one attached hydrogen (secondary N) is 1. The van der Waals surface area contributed by atoms with Crippen molar-refractivity contribution in [2.75, 3.05) is 11.9 Å². The minimum absolute atomic E-state index is 0.0780. The number of carbonyl (C=O) groups excluding carboxylic acids is 3. The molecule has 0 aliphatic rings. The van der Waals surface area contributed by atoms with Crippen LogP contribution in [-0.4, -0.2) is 24.1 Å². The number of hydrogen-bond acceptors (Lipinski definition) is 4. The minimum atomic E-state index is -0.377.